The summed E-state index contributed by atoms with van der Waals surface area (Å²) in [5.74, 6) is 0.133. The molecule has 6 aliphatic rings. The van der Waals surface area contributed by atoms with Crippen molar-refractivity contribution in [1.29, 1.82) is 0 Å². The molecule has 8 heterocycles. The highest BCUT2D eigenvalue weighted by Gasteiger charge is 2.52. The Morgan fingerprint density at radius 1 is 0.511 bits per heavy atom. The first-order valence-electron chi connectivity index (χ1n) is 30.7. The molecule has 4 aliphatic heterocycles. The molecule has 9 N–H and O–H groups in total. The number of nitrogens with zero attached hydrogens (tertiary/aromatic N) is 12. The van der Waals surface area contributed by atoms with Crippen LogP contribution in [0.25, 0.3) is 22.3 Å². The number of aliphatic hydroxyl groups excluding tert-OH is 4. The van der Waals surface area contributed by atoms with Gasteiger partial charge in [-0.15, -0.1) is 0 Å². The highest BCUT2D eigenvalue weighted by Crippen LogP contribution is 2.41. The first kappa shape index (κ1) is 58.1. The van der Waals surface area contributed by atoms with Crippen LogP contribution in [0.3, 0.4) is 0 Å². The summed E-state index contributed by atoms with van der Waals surface area (Å²) in [6.07, 6.45) is -1.10. The minimum Gasteiger partial charge on any atom is -0.388 e. The van der Waals surface area contributed by atoms with E-state index in [0.29, 0.717) is 98.0 Å². The maximum Gasteiger partial charge on any atom is 0.324 e. The van der Waals surface area contributed by atoms with Crippen LogP contribution in [0, 0.1) is 0 Å². The molecule has 0 unspecified atom stereocenters. The SMILES string of the molecule is O=C(N[C@@H]1CCN(c2nc(NCC(c3ccccc3)c3ccccc3)c3ncn([C@@H]4C[C@H](N5C(=O)CCC5=O)[C@@H](O)[C@H]4O)c3n2)C1)N[C@@H]1CCN(c2nc(NCC(c3ccccc3)c3ccccc3)c3ncn([C@@H]4C[C@H](N5C(=O)CNC5=O)[C@@H](O)[C@H]4O)c3n2)C1. The Hall–Kier alpha value is -9.63. The number of amides is 7. The van der Waals surface area contributed by atoms with E-state index in [-0.39, 0.29) is 74.0 Å². The summed E-state index contributed by atoms with van der Waals surface area (Å²) in [4.78, 5) is 101. The van der Waals surface area contributed by atoms with Crippen molar-refractivity contribution in [3.8, 4) is 0 Å². The fourth-order valence-electron chi connectivity index (χ4n) is 14.1. The van der Waals surface area contributed by atoms with Gasteiger partial charge >= 0.3 is 12.1 Å². The van der Waals surface area contributed by atoms with Crippen LogP contribution in [0.1, 0.15) is 84.7 Å². The predicted molar refractivity (Wildman–Crippen MR) is 330 cm³/mol. The van der Waals surface area contributed by atoms with E-state index in [2.05, 4.69) is 75.1 Å². The molecular formula is C64H69N17O9. The molecule has 0 spiro atoms. The Morgan fingerprint density at radius 3 is 1.29 bits per heavy atom. The third-order valence-electron chi connectivity index (χ3n) is 18.8. The second kappa shape index (κ2) is 24.4. The summed E-state index contributed by atoms with van der Waals surface area (Å²) >= 11 is 0. The van der Waals surface area contributed by atoms with Crippen LogP contribution in [0.2, 0.25) is 0 Å². The lowest BCUT2D eigenvalue weighted by Gasteiger charge is -2.25. The molecular weight excluding hydrogens is 1150 g/mol. The van der Waals surface area contributed by atoms with Crippen molar-refractivity contribution in [3.05, 3.63) is 156 Å². The van der Waals surface area contributed by atoms with Crippen LogP contribution >= 0.6 is 0 Å². The lowest BCUT2D eigenvalue weighted by Crippen LogP contribution is -2.48. The van der Waals surface area contributed by atoms with E-state index in [4.69, 9.17) is 29.9 Å². The fraction of sp³-hybridized carbons (Fsp3) is 0.391. The summed E-state index contributed by atoms with van der Waals surface area (Å²) < 4.78 is 3.38. The van der Waals surface area contributed by atoms with Gasteiger partial charge in [0.25, 0.3) is 0 Å². The predicted octanol–water partition coefficient (Wildman–Crippen LogP) is 3.38. The molecule has 4 saturated heterocycles. The number of aliphatic hydroxyl groups is 4. The lowest BCUT2D eigenvalue weighted by atomic mass is 9.91. The number of carbonyl (C=O) groups is 5. The molecule has 464 valence electrons. The Balaban J connectivity index is 0.698. The molecule has 0 radical (unpaired) electrons. The van der Waals surface area contributed by atoms with E-state index in [1.165, 1.54) is 6.33 Å². The van der Waals surface area contributed by atoms with Gasteiger partial charge < -0.3 is 65.9 Å². The van der Waals surface area contributed by atoms with Gasteiger partial charge in [0.15, 0.2) is 34.0 Å². The van der Waals surface area contributed by atoms with Crippen LogP contribution in [0.15, 0.2) is 134 Å². The standard InChI is InChI=1S/C64H69N17O9/c82-48-21-22-49(83)80(48)46-27-44(53(85)55(46)87)78-34-68-51-57(65-29-42(36-13-5-1-6-14-36)37-15-7-2-8-16-37)72-61(74-59(51)78)76-25-23-40(32-76)70-63(89)71-41-24-26-77(33-41)62-73-58(66-30-43(38-17-9-3-10-18-38)39-19-11-4-12-20-39)52-60(75-62)79(35-69-52)45-28-47(56(88)54(45)86)81-50(84)31-67-64(81)90/h1-20,34-35,40-47,53-56,85-88H,21-33H2,(H,67,90)(H,65,72,74)(H,66,73,75)(H2,70,71,89)/t40-,41-,44-,45-,46+,47+,53+,54+,55-,56-/m1/s1. The van der Waals surface area contributed by atoms with Crippen molar-refractivity contribution < 1.29 is 44.4 Å². The molecule has 4 aromatic heterocycles. The van der Waals surface area contributed by atoms with Crippen LogP contribution in [0.5, 0.6) is 0 Å². The van der Waals surface area contributed by atoms with Gasteiger partial charge in [0, 0.05) is 76.0 Å². The maximum absolute atomic E-state index is 14.1. The number of hydrogen-bond acceptors (Lipinski definition) is 19. The number of carbonyl (C=O) groups excluding carboxylic acids is 5. The Labute approximate surface area is 516 Å². The second-order valence-corrected chi connectivity index (χ2v) is 24.2. The Morgan fingerprint density at radius 2 is 0.900 bits per heavy atom. The molecule has 26 nitrogen and oxygen atoms in total. The van der Waals surface area contributed by atoms with Crippen molar-refractivity contribution >= 4 is 75.6 Å². The molecule has 7 amide bonds. The minimum atomic E-state index is -1.43. The highest BCUT2D eigenvalue weighted by molar-refractivity contribution is 6.03. The number of likely N-dealkylation sites (tertiary alicyclic amines) is 1. The molecule has 6 fully saturated rings. The largest absolute Gasteiger partial charge is 0.388 e. The number of imide groups is 2. The quantitative estimate of drug-likeness (QED) is 0.0439. The first-order valence-corrected chi connectivity index (χ1v) is 30.7. The van der Waals surface area contributed by atoms with Crippen molar-refractivity contribution in [1.82, 2.24) is 64.8 Å². The van der Waals surface area contributed by atoms with Gasteiger partial charge in [0.2, 0.25) is 29.6 Å². The van der Waals surface area contributed by atoms with Gasteiger partial charge in [-0.05, 0) is 47.9 Å². The zero-order valence-electron chi connectivity index (χ0n) is 49.0. The summed E-state index contributed by atoms with van der Waals surface area (Å²) in [5, 5.41) is 61.9. The van der Waals surface area contributed by atoms with E-state index in [9.17, 15) is 44.4 Å². The topological polar surface area (TPSA) is 327 Å². The lowest BCUT2D eigenvalue weighted by molar-refractivity contribution is -0.144. The average Bonchev–Trinajstić information content (AvgIpc) is 1.79. The summed E-state index contributed by atoms with van der Waals surface area (Å²) in [5.41, 5.74) is 5.93. The van der Waals surface area contributed by atoms with Gasteiger partial charge in [0.1, 0.15) is 24.4 Å². The molecule has 90 heavy (non-hydrogen) atoms. The van der Waals surface area contributed by atoms with Gasteiger partial charge in [0.05, 0.1) is 43.4 Å². The number of anilines is 4. The molecule has 26 heteroatoms. The number of urea groups is 2. The zero-order valence-corrected chi connectivity index (χ0v) is 49.0. The van der Waals surface area contributed by atoms with Gasteiger partial charge in [-0.2, -0.15) is 19.9 Å². The van der Waals surface area contributed by atoms with Crippen molar-refractivity contribution in [2.75, 3.05) is 66.2 Å². The van der Waals surface area contributed by atoms with Crippen molar-refractivity contribution in [2.45, 2.75) is 111 Å². The minimum absolute atomic E-state index is 0.0475. The number of benzene rings is 4. The number of aromatic nitrogens is 8. The van der Waals surface area contributed by atoms with Crippen molar-refractivity contribution in [2.24, 2.45) is 0 Å². The van der Waals surface area contributed by atoms with Gasteiger partial charge in [-0.25, -0.2) is 19.6 Å². The molecule has 10 atom stereocenters. The fourth-order valence-corrected chi connectivity index (χ4v) is 14.1. The van der Waals surface area contributed by atoms with Gasteiger partial charge in [-0.3, -0.25) is 24.2 Å². The van der Waals surface area contributed by atoms with Crippen LogP contribution in [-0.2, 0) is 14.4 Å². The van der Waals surface area contributed by atoms with Gasteiger partial charge in [-0.1, -0.05) is 121 Å². The number of fused-ring (bicyclic) bond motifs is 2. The number of nitrogens with one attached hydrogen (secondary N) is 5. The Bertz CT molecular complexity index is 3610. The van der Waals surface area contributed by atoms with Crippen LogP contribution in [0.4, 0.5) is 33.1 Å². The third-order valence-corrected chi connectivity index (χ3v) is 18.8. The van der Waals surface area contributed by atoms with E-state index in [1.54, 1.807) is 15.5 Å². The van der Waals surface area contributed by atoms with Crippen LogP contribution in [-0.4, -0.2) is 193 Å². The van der Waals surface area contributed by atoms with E-state index >= 15 is 0 Å². The molecule has 4 aromatic carbocycles. The maximum atomic E-state index is 14.1. The molecule has 2 aliphatic carbocycles. The number of rotatable bonds is 18. The molecule has 14 rings (SSSR count). The van der Waals surface area contributed by atoms with E-state index in [0.717, 1.165) is 32.1 Å². The molecule has 2 saturated carbocycles. The summed E-state index contributed by atoms with van der Waals surface area (Å²) in [6.45, 7) is 2.32. The smallest absolute Gasteiger partial charge is 0.324 e. The molecule has 8 aromatic rings. The van der Waals surface area contributed by atoms with E-state index in [1.807, 2.05) is 82.6 Å². The third kappa shape index (κ3) is 11.0. The molecule has 0 bridgehead atoms. The normalized spacial score (nSPS) is 25.3. The highest BCUT2D eigenvalue weighted by atomic mass is 16.3. The number of hydrogen-bond donors (Lipinski definition) is 9. The van der Waals surface area contributed by atoms with Crippen molar-refractivity contribution in [3.63, 3.8) is 0 Å². The monoisotopic (exact) mass is 1220 g/mol. The second-order valence-electron chi connectivity index (χ2n) is 24.2. The zero-order chi connectivity index (χ0) is 61.7. The average molecular weight is 1220 g/mol. The number of imidazole rings is 2. The first-order chi connectivity index (χ1) is 43.8. The van der Waals surface area contributed by atoms with Crippen LogP contribution < -0.4 is 36.4 Å². The summed E-state index contributed by atoms with van der Waals surface area (Å²) in [6, 6.07) is 35.4. The Kier molecular flexibility index (Phi) is 15.7. The van der Waals surface area contributed by atoms with E-state index < -0.39 is 60.5 Å². The summed E-state index contributed by atoms with van der Waals surface area (Å²) in [7, 11) is 0.